The highest BCUT2D eigenvalue weighted by molar-refractivity contribution is 5.84. The van der Waals surface area contributed by atoms with E-state index in [4.69, 9.17) is 4.74 Å². The predicted molar refractivity (Wildman–Crippen MR) is 78.7 cm³/mol. The molecule has 0 spiro atoms. The standard InChI is InChI=1S/C16H20N2O2/c1-12-10-13-4-2-3-5-15(13)18(12)11-16(19)17-14-6-8-20-9-7-14/h2-5,10,14H,6-9,11H2,1H3,(H,17,19). The van der Waals surface area contributed by atoms with Gasteiger partial charge >= 0.3 is 0 Å². The molecule has 20 heavy (non-hydrogen) atoms. The molecule has 4 heteroatoms. The van der Waals surface area contributed by atoms with Crippen molar-refractivity contribution in [2.75, 3.05) is 13.2 Å². The van der Waals surface area contributed by atoms with Crippen molar-refractivity contribution in [3.63, 3.8) is 0 Å². The van der Waals surface area contributed by atoms with E-state index >= 15 is 0 Å². The van der Waals surface area contributed by atoms with Crippen molar-refractivity contribution in [3.8, 4) is 0 Å². The maximum Gasteiger partial charge on any atom is 0.240 e. The summed E-state index contributed by atoms with van der Waals surface area (Å²) in [4.78, 5) is 12.2. The molecular formula is C16H20N2O2. The predicted octanol–water partition coefficient (Wildman–Crippen LogP) is 2.24. The zero-order valence-electron chi connectivity index (χ0n) is 11.8. The van der Waals surface area contributed by atoms with Crippen molar-refractivity contribution in [1.29, 1.82) is 0 Å². The van der Waals surface area contributed by atoms with Crippen LogP contribution in [0, 0.1) is 6.92 Å². The van der Waals surface area contributed by atoms with Crippen molar-refractivity contribution in [2.24, 2.45) is 0 Å². The van der Waals surface area contributed by atoms with Crippen molar-refractivity contribution in [1.82, 2.24) is 9.88 Å². The molecule has 0 bridgehead atoms. The number of amides is 1. The summed E-state index contributed by atoms with van der Waals surface area (Å²) in [6, 6.07) is 10.6. The molecule has 0 atom stereocenters. The lowest BCUT2D eigenvalue weighted by atomic mass is 10.1. The molecule has 1 amide bonds. The van der Waals surface area contributed by atoms with Gasteiger partial charge in [-0.25, -0.2) is 0 Å². The maximum absolute atomic E-state index is 12.2. The van der Waals surface area contributed by atoms with Gasteiger partial charge in [-0.3, -0.25) is 4.79 Å². The zero-order valence-corrected chi connectivity index (χ0v) is 11.8. The zero-order chi connectivity index (χ0) is 13.9. The number of carbonyl (C=O) groups excluding carboxylic acids is 1. The highest BCUT2D eigenvalue weighted by Gasteiger charge is 2.17. The third-order valence-electron chi connectivity index (χ3n) is 3.91. The van der Waals surface area contributed by atoms with Crippen molar-refractivity contribution >= 4 is 16.8 Å². The van der Waals surface area contributed by atoms with Crippen molar-refractivity contribution in [3.05, 3.63) is 36.0 Å². The molecule has 4 nitrogen and oxygen atoms in total. The number of nitrogens with one attached hydrogen (secondary N) is 1. The molecule has 1 aromatic carbocycles. The Bertz CT molecular complexity index is 612. The number of hydrogen-bond donors (Lipinski definition) is 1. The van der Waals surface area contributed by atoms with Crippen LogP contribution in [0.4, 0.5) is 0 Å². The molecule has 2 aromatic rings. The molecular weight excluding hydrogens is 252 g/mol. The Morgan fingerprint density at radius 3 is 2.90 bits per heavy atom. The summed E-state index contributed by atoms with van der Waals surface area (Å²) in [5.74, 6) is 0.0846. The van der Waals surface area contributed by atoms with Crippen LogP contribution in [-0.4, -0.2) is 29.7 Å². The molecule has 2 heterocycles. The Labute approximate surface area is 118 Å². The van der Waals surface area contributed by atoms with Crippen molar-refractivity contribution in [2.45, 2.75) is 32.4 Å². The van der Waals surface area contributed by atoms with E-state index in [0.29, 0.717) is 6.54 Å². The summed E-state index contributed by atoms with van der Waals surface area (Å²) in [6.45, 7) is 3.92. The Morgan fingerprint density at radius 1 is 1.35 bits per heavy atom. The highest BCUT2D eigenvalue weighted by atomic mass is 16.5. The molecule has 1 aliphatic heterocycles. The second kappa shape index (κ2) is 5.67. The first-order valence-corrected chi connectivity index (χ1v) is 7.16. The van der Waals surface area contributed by atoms with Gasteiger partial charge in [0.1, 0.15) is 6.54 Å². The van der Waals surface area contributed by atoms with E-state index in [2.05, 4.69) is 28.1 Å². The van der Waals surface area contributed by atoms with Gasteiger partial charge in [-0.1, -0.05) is 18.2 Å². The molecule has 1 aliphatic rings. The minimum Gasteiger partial charge on any atom is -0.381 e. The first kappa shape index (κ1) is 13.2. The average Bonchev–Trinajstić information content (AvgIpc) is 2.76. The summed E-state index contributed by atoms with van der Waals surface area (Å²) in [5.41, 5.74) is 2.24. The molecule has 1 saturated heterocycles. The van der Waals surface area contributed by atoms with Gasteiger partial charge in [-0.05, 0) is 37.3 Å². The van der Waals surface area contributed by atoms with Crippen molar-refractivity contribution < 1.29 is 9.53 Å². The molecule has 0 radical (unpaired) electrons. The summed E-state index contributed by atoms with van der Waals surface area (Å²) in [7, 11) is 0. The highest BCUT2D eigenvalue weighted by Crippen LogP contribution is 2.19. The fraction of sp³-hybridized carbons (Fsp3) is 0.438. The normalized spacial score (nSPS) is 16.4. The molecule has 3 rings (SSSR count). The largest absolute Gasteiger partial charge is 0.381 e. The molecule has 1 fully saturated rings. The minimum absolute atomic E-state index is 0.0846. The number of aryl methyl sites for hydroxylation is 1. The number of para-hydroxylation sites is 1. The Balaban J connectivity index is 1.72. The lowest BCUT2D eigenvalue weighted by molar-refractivity contribution is -0.122. The number of benzene rings is 1. The van der Waals surface area contributed by atoms with Crippen LogP contribution in [0.2, 0.25) is 0 Å². The number of carbonyl (C=O) groups is 1. The first-order chi connectivity index (χ1) is 9.74. The van der Waals surface area contributed by atoms with Crippen LogP contribution in [0.15, 0.2) is 30.3 Å². The van der Waals surface area contributed by atoms with Gasteiger partial charge in [0, 0.05) is 30.5 Å². The van der Waals surface area contributed by atoms with Gasteiger partial charge in [-0.2, -0.15) is 0 Å². The third-order valence-corrected chi connectivity index (χ3v) is 3.91. The van der Waals surface area contributed by atoms with E-state index in [-0.39, 0.29) is 11.9 Å². The fourth-order valence-corrected chi connectivity index (χ4v) is 2.82. The Morgan fingerprint density at radius 2 is 2.10 bits per heavy atom. The summed E-state index contributed by atoms with van der Waals surface area (Å²) >= 11 is 0. The average molecular weight is 272 g/mol. The van der Waals surface area contributed by atoms with E-state index in [1.807, 2.05) is 19.1 Å². The van der Waals surface area contributed by atoms with Crippen LogP contribution in [0.1, 0.15) is 18.5 Å². The Kier molecular flexibility index (Phi) is 3.74. The van der Waals surface area contributed by atoms with Gasteiger partial charge in [0.25, 0.3) is 0 Å². The maximum atomic E-state index is 12.2. The minimum atomic E-state index is 0.0846. The molecule has 106 valence electrons. The van der Waals surface area contributed by atoms with Gasteiger partial charge in [0.05, 0.1) is 0 Å². The number of ether oxygens (including phenoxy) is 1. The number of nitrogens with zero attached hydrogens (tertiary/aromatic N) is 1. The summed E-state index contributed by atoms with van der Waals surface area (Å²) < 4.78 is 7.38. The quantitative estimate of drug-likeness (QED) is 0.931. The monoisotopic (exact) mass is 272 g/mol. The fourth-order valence-electron chi connectivity index (χ4n) is 2.82. The van der Waals surface area contributed by atoms with E-state index in [1.54, 1.807) is 0 Å². The molecule has 0 unspecified atom stereocenters. The van der Waals surface area contributed by atoms with E-state index in [0.717, 1.165) is 37.3 Å². The van der Waals surface area contributed by atoms with Crippen LogP contribution >= 0.6 is 0 Å². The van der Waals surface area contributed by atoms with Crippen LogP contribution in [-0.2, 0) is 16.1 Å². The van der Waals surface area contributed by atoms with Crippen LogP contribution in [0.5, 0.6) is 0 Å². The number of aromatic nitrogens is 1. The molecule has 0 aliphatic carbocycles. The topological polar surface area (TPSA) is 43.3 Å². The third kappa shape index (κ3) is 2.70. The second-order valence-corrected chi connectivity index (χ2v) is 5.38. The van der Waals surface area contributed by atoms with Crippen LogP contribution in [0.25, 0.3) is 10.9 Å². The number of hydrogen-bond acceptors (Lipinski definition) is 2. The second-order valence-electron chi connectivity index (χ2n) is 5.38. The van der Waals surface area contributed by atoms with E-state index in [1.165, 1.54) is 5.39 Å². The lowest BCUT2D eigenvalue weighted by Gasteiger charge is -2.23. The number of rotatable bonds is 3. The molecule has 0 saturated carbocycles. The van der Waals surface area contributed by atoms with Gasteiger partial charge in [-0.15, -0.1) is 0 Å². The molecule has 1 aromatic heterocycles. The lowest BCUT2D eigenvalue weighted by Crippen LogP contribution is -2.40. The Hall–Kier alpha value is -1.81. The van der Waals surface area contributed by atoms with Crippen LogP contribution in [0.3, 0.4) is 0 Å². The van der Waals surface area contributed by atoms with Gasteiger partial charge in [0.2, 0.25) is 5.91 Å². The van der Waals surface area contributed by atoms with E-state index < -0.39 is 0 Å². The van der Waals surface area contributed by atoms with Gasteiger partial charge < -0.3 is 14.6 Å². The van der Waals surface area contributed by atoms with Crippen LogP contribution < -0.4 is 5.32 Å². The first-order valence-electron chi connectivity index (χ1n) is 7.16. The summed E-state index contributed by atoms with van der Waals surface area (Å²) in [5, 5.41) is 4.29. The van der Waals surface area contributed by atoms with E-state index in [9.17, 15) is 4.79 Å². The van der Waals surface area contributed by atoms with Gasteiger partial charge in [0.15, 0.2) is 0 Å². The number of fused-ring (bicyclic) bond motifs is 1. The summed E-state index contributed by atoms with van der Waals surface area (Å²) in [6.07, 6.45) is 1.83. The SMILES string of the molecule is Cc1cc2ccccc2n1CC(=O)NC1CCOCC1. The molecule has 1 N–H and O–H groups in total. The smallest absolute Gasteiger partial charge is 0.240 e.